The first-order valence-electron chi connectivity index (χ1n) is 5.10. The zero-order valence-corrected chi connectivity index (χ0v) is 11.1. The first kappa shape index (κ1) is 18.5. The number of methoxy groups -OCH3 is 1. The molecule has 1 aromatic carbocycles. The van der Waals surface area contributed by atoms with Crippen molar-refractivity contribution >= 4 is 18.4 Å². The normalized spacial score (nSPS) is 12.3. The van der Waals surface area contributed by atoms with Crippen molar-refractivity contribution in [3.63, 3.8) is 0 Å². The highest BCUT2D eigenvalue weighted by molar-refractivity contribution is 5.85. The number of carbonyl (C=O) groups excluding carboxylic acids is 1. The van der Waals surface area contributed by atoms with Crippen LogP contribution in [0.25, 0.3) is 0 Å². The number of nitrogens with two attached hydrogens (primary N) is 1. The minimum Gasteiger partial charge on any atom is -0.469 e. The Balaban J connectivity index is 0.00000361. The molecule has 0 bridgehead atoms. The lowest BCUT2D eigenvalue weighted by Crippen LogP contribution is -2.19. The summed E-state index contributed by atoms with van der Waals surface area (Å²) in [4.78, 5) is 11.0. The molecule has 0 heterocycles. The van der Waals surface area contributed by atoms with Gasteiger partial charge in [0.15, 0.2) is 11.6 Å². The molecular weight excluding hydrogens is 306 g/mol. The standard InChI is InChI=1S/C11H11F4NO3.ClH/c1-18-10(17)5-8(16)6-2-3-9(7(12)4-6)19-11(13,14)15;/h2-4,8H,5,16H2,1H3;1H/t8-;/m0./s1. The lowest BCUT2D eigenvalue weighted by atomic mass is 10.0. The van der Waals surface area contributed by atoms with E-state index in [1.165, 1.54) is 0 Å². The first-order chi connectivity index (χ1) is 8.73. The maximum absolute atomic E-state index is 13.4. The van der Waals surface area contributed by atoms with E-state index in [4.69, 9.17) is 5.73 Å². The van der Waals surface area contributed by atoms with E-state index in [0.717, 1.165) is 25.3 Å². The van der Waals surface area contributed by atoms with Gasteiger partial charge in [0.2, 0.25) is 0 Å². The van der Waals surface area contributed by atoms with Crippen molar-refractivity contribution in [3.05, 3.63) is 29.6 Å². The van der Waals surface area contributed by atoms with Gasteiger partial charge in [-0.25, -0.2) is 4.39 Å². The Labute approximate surface area is 118 Å². The fourth-order valence-corrected chi connectivity index (χ4v) is 1.34. The lowest BCUT2D eigenvalue weighted by molar-refractivity contribution is -0.275. The molecule has 9 heteroatoms. The molecule has 114 valence electrons. The number of ether oxygens (including phenoxy) is 2. The van der Waals surface area contributed by atoms with Gasteiger partial charge in [0.1, 0.15) is 0 Å². The fourth-order valence-electron chi connectivity index (χ4n) is 1.34. The fraction of sp³-hybridized carbons (Fsp3) is 0.364. The predicted molar refractivity (Wildman–Crippen MR) is 63.9 cm³/mol. The van der Waals surface area contributed by atoms with Gasteiger partial charge in [-0.1, -0.05) is 6.07 Å². The monoisotopic (exact) mass is 317 g/mol. The second-order valence-electron chi connectivity index (χ2n) is 3.62. The van der Waals surface area contributed by atoms with Gasteiger partial charge in [-0.15, -0.1) is 25.6 Å². The summed E-state index contributed by atoms with van der Waals surface area (Å²) >= 11 is 0. The number of halogens is 5. The van der Waals surface area contributed by atoms with E-state index in [0.29, 0.717) is 0 Å². The van der Waals surface area contributed by atoms with Crippen molar-refractivity contribution in [2.24, 2.45) is 5.73 Å². The number of esters is 1. The minimum atomic E-state index is -4.98. The van der Waals surface area contributed by atoms with Gasteiger partial charge in [-0.3, -0.25) is 4.79 Å². The Kier molecular flexibility index (Phi) is 6.74. The molecular formula is C11H12ClF4NO3. The Bertz CT molecular complexity index is 467. The van der Waals surface area contributed by atoms with E-state index in [-0.39, 0.29) is 24.4 Å². The molecule has 0 aliphatic heterocycles. The van der Waals surface area contributed by atoms with E-state index in [2.05, 4.69) is 9.47 Å². The molecule has 0 fully saturated rings. The third-order valence-corrected chi connectivity index (χ3v) is 2.22. The second-order valence-corrected chi connectivity index (χ2v) is 3.62. The highest BCUT2D eigenvalue weighted by Gasteiger charge is 2.32. The number of benzene rings is 1. The smallest absolute Gasteiger partial charge is 0.469 e. The van der Waals surface area contributed by atoms with Gasteiger partial charge in [-0.2, -0.15) is 0 Å². The molecule has 0 saturated carbocycles. The molecule has 4 nitrogen and oxygen atoms in total. The highest BCUT2D eigenvalue weighted by Crippen LogP contribution is 2.27. The Morgan fingerprint density at radius 3 is 2.45 bits per heavy atom. The molecule has 20 heavy (non-hydrogen) atoms. The summed E-state index contributed by atoms with van der Waals surface area (Å²) in [5, 5.41) is 0. The largest absolute Gasteiger partial charge is 0.573 e. The number of hydrogen-bond donors (Lipinski definition) is 1. The van der Waals surface area contributed by atoms with Crippen molar-refractivity contribution < 1.29 is 31.8 Å². The van der Waals surface area contributed by atoms with Crippen LogP contribution in [0, 0.1) is 5.82 Å². The summed E-state index contributed by atoms with van der Waals surface area (Å²) in [5.74, 6) is -2.78. The van der Waals surface area contributed by atoms with Gasteiger partial charge in [0.25, 0.3) is 0 Å². The molecule has 0 unspecified atom stereocenters. The summed E-state index contributed by atoms with van der Waals surface area (Å²) in [6.45, 7) is 0. The van der Waals surface area contributed by atoms with Crippen LogP contribution in [0.5, 0.6) is 5.75 Å². The number of carbonyl (C=O) groups is 1. The number of rotatable bonds is 4. The van der Waals surface area contributed by atoms with Gasteiger partial charge < -0.3 is 15.2 Å². The van der Waals surface area contributed by atoms with Crippen LogP contribution in [0.1, 0.15) is 18.0 Å². The minimum absolute atomic E-state index is 0. The molecule has 1 atom stereocenters. The Hall–Kier alpha value is -1.54. The van der Waals surface area contributed by atoms with Crippen LogP contribution in [0.3, 0.4) is 0 Å². The maximum atomic E-state index is 13.4. The Morgan fingerprint density at radius 2 is 2.00 bits per heavy atom. The molecule has 1 rings (SSSR count). The summed E-state index contributed by atoms with van der Waals surface area (Å²) in [7, 11) is 1.16. The van der Waals surface area contributed by atoms with E-state index < -0.39 is 29.9 Å². The summed E-state index contributed by atoms with van der Waals surface area (Å²) in [5.41, 5.74) is 5.75. The van der Waals surface area contributed by atoms with E-state index in [1.54, 1.807) is 0 Å². The highest BCUT2D eigenvalue weighted by atomic mass is 35.5. The van der Waals surface area contributed by atoms with Crippen LogP contribution in [0.2, 0.25) is 0 Å². The molecule has 0 radical (unpaired) electrons. The second kappa shape index (κ2) is 7.30. The van der Waals surface area contributed by atoms with Gasteiger partial charge in [-0.05, 0) is 17.7 Å². The van der Waals surface area contributed by atoms with Crippen LogP contribution >= 0.6 is 12.4 Å². The molecule has 0 saturated heterocycles. The van der Waals surface area contributed by atoms with Gasteiger partial charge >= 0.3 is 12.3 Å². The molecule has 2 N–H and O–H groups in total. The van der Waals surface area contributed by atoms with Crippen molar-refractivity contribution in [2.75, 3.05) is 7.11 Å². The zero-order chi connectivity index (χ0) is 14.6. The Morgan fingerprint density at radius 1 is 1.40 bits per heavy atom. The van der Waals surface area contributed by atoms with Crippen molar-refractivity contribution in [1.29, 1.82) is 0 Å². The summed E-state index contributed by atoms with van der Waals surface area (Å²) in [6, 6.07) is 1.86. The summed E-state index contributed by atoms with van der Waals surface area (Å²) < 4.78 is 57.0. The van der Waals surface area contributed by atoms with E-state index in [1.807, 2.05) is 0 Å². The third-order valence-electron chi connectivity index (χ3n) is 2.22. The average Bonchev–Trinajstić information content (AvgIpc) is 2.29. The molecule has 0 amide bonds. The molecule has 0 aromatic heterocycles. The van der Waals surface area contributed by atoms with Crippen molar-refractivity contribution in [3.8, 4) is 5.75 Å². The van der Waals surface area contributed by atoms with Crippen LogP contribution < -0.4 is 10.5 Å². The number of hydrogen-bond acceptors (Lipinski definition) is 4. The predicted octanol–water partition coefficient (Wildman–Crippen LogP) is 2.71. The van der Waals surface area contributed by atoms with Crippen LogP contribution in [0.4, 0.5) is 17.6 Å². The first-order valence-corrected chi connectivity index (χ1v) is 5.10. The maximum Gasteiger partial charge on any atom is 0.573 e. The SMILES string of the molecule is COC(=O)C[C@H](N)c1ccc(OC(F)(F)F)c(F)c1.Cl. The van der Waals surface area contributed by atoms with Crippen molar-refractivity contribution in [2.45, 2.75) is 18.8 Å². The van der Waals surface area contributed by atoms with Crippen LogP contribution in [-0.4, -0.2) is 19.4 Å². The molecule has 0 spiro atoms. The van der Waals surface area contributed by atoms with Gasteiger partial charge in [0, 0.05) is 6.04 Å². The van der Waals surface area contributed by atoms with E-state index >= 15 is 0 Å². The summed E-state index contributed by atoms with van der Waals surface area (Å²) in [6.07, 6.45) is -5.19. The third kappa shape index (κ3) is 5.62. The van der Waals surface area contributed by atoms with Crippen LogP contribution in [-0.2, 0) is 9.53 Å². The van der Waals surface area contributed by atoms with Crippen molar-refractivity contribution in [1.82, 2.24) is 0 Å². The van der Waals surface area contributed by atoms with Gasteiger partial charge in [0.05, 0.1) is 13.5 Å². The lowest BCUT2D eigenvalue weighted by Gasteiger charge is -2.13. The van der Waals surface area contributed by atoms with Crippen LogP contribution in [0.15, 0.2) is 18.2 Å². The quantitative estimate of drug-likeness (QED) is 0.685. The number of alkyl halides is 3. The molecule has 0 aliphatic carbocycles. The van der Waals surface area contributed by atoms with E-state index in [9.17, 15) is 22.4 Å². The zero-order valence-electron chi connectivity index (χ0n) is 10.2. The topological polar surface area (TPSA) is 61.5 Å². The molecule has 1 aromatic rings. The molecule has 0 aliphatic rings. The average molecular weight is 318 g/mol.